The van der Waals surface area contributed by atoms with Crippen molar-refractivity contribution in [2.75, 3.05) is 6.54 Å². The molecule has 0 radical (unpaired) electrons. The predicted octanol–water partition coefficient (Wildman–Crippen LogP) is 2.92. The fourth-order valence-electron chi connectivity index (χ4n) is 0.848. The predicted molar refractivity (Wildman–Crippen MR) is 66.6 cm³/mol. The fraction of sp³-hybridized carbons (Fsp3) is 1.00. The van der Waals surface area contributed by atoms with Crippen molar-refractivity contribution in [3.05, 3.63) is 0 Å². The van der Waals surface area contributed by atoms with Crippen LogP contribution in [0.2, 0.25) is 0 Å². The first-order chi connectivity index (χ1) is 6.27. The van der Waals surface area contributed by atoms with E-state index in [4.69, 9.17) is 5.73 Å². The highest BCUT2D eigenvalue weighted by Gasteiger charge is 2.15. The van der Waals surface area contributed by atoms with Crippen LogP contribution in [-0.4, -0.2) is 17.6 Å². The molecule has 0 saturated carbocycles. The lowest BCUT2D eigenvalue weighted by atomic mass is 9.99. The zero-order valence-electron chi connectivity index (χ0n) is 11.2. The van der Waals surface area contributed by atoms with Crippen LogP contribution >= 0.6 is 0 Å². The van der Waals surface area contributed by atoms with Crippen molar-refractivity contribution in [3.8, 4) is 0 Å². The van der Waals surface area contributed by atoms with Crippen molar-refractivity contribution in [1.82, 2.24) is 5.32 Å². The summed E-state index contributed by atoms with van der Waals surface area (Å²) >= 11 is 0. The topological polar surface area (TPSA) is 38.0 Å². The van der Waals surface area contributed by atoms with Gasteiger partial charge in [0.25, 0.3) is 0 Å². The first-order valence-corrected chi connectivity index (χ1v) is 5.81. The zero-order chi connectivity index (χ0) is 11.8. The fourth-order valence-corrected chi connectivity index (χ4v) is 0.848. The summed E-state index contributed by atoms with van der Waals surface area (Å²) in [6.07, 6.45) is 2.18. The molecule has 0 bridgehead atoms. The van der Waals surface area contributed by atoms with Gasteiger partial charge < -0.3 is 11.1 Å². The van der Waals surface area contributed by atoms with Crippen LogP contribution in [0.15, 0.2) is 0 Å². The third-order valence-corrected chi connectivity index (χ3v) is 2.26. The van der Waals surface area contributed by atoms with Gasteiger partial charge in [-0.2, -0.15) is 0 Å². The lowest BCUT2D eigenvalue weighted by molar-refractivity contribution is 0.348. The maximum Gasteiger partial charge on any atom is 0.0122 e. The SMILES string of the molecule is CC.CCC(C)(C)NCCC(C)(C)N. The van der Waals surface area contributed by atoms with Gasteiger partial charge in [-0.05, 0) is 47.1 Å². The standard InChI is InChI=1S/C10H24N2.C2H6/c1-6-10(4,5)12-8-7-9(2,3)11;1-2/h12H,6-8,11H2,1-5H3;1-2H3. The van der Waals surface area contributed by atoms with Crippen molar-refractivity contribution in [2.24, 2.45) is 5.73 Å². The molecule has 88 valence electrons. The van der Waals surface area contributed by atoms with E-state index in [-0.39, 0.29) is 11.1 Å². The van der Waals surface area contributed by atoms with Crippen molar-refractivity contribution < 1.29 is 0 Å². The molecule has 14 heavy (non-hydrogen) atoms. The Hall–Kier alpha value is -0.0800. The van der Waals surface area contributed by atoms with Crippen molar-refractivity contribution in [3.63, 3.8) is 0 Å². The molecule has 0 spiro atoms. The van der Waals surface area contributed by atoms with Crippen LogP contribution in [-0.2, 0) is 0 Å². The Labute approximate surface area is 90.6 Å². The van der Waals surface area contributed by atoms with Crippen LogP contribution in [0.5, 0.6) is 0 Å². The molecule has 0 aliphatic carbocycles. The first kappa shape index (κ1) is 16.4. The van der Waals surface area contributed by atoms with E-state index in [9.17, 15) is 0 Å². The van der Waals surface area contributed by atoms with Gasteiger partial charge in [0, 0.05) is 11.1 Å². The second kappa shape index (κ2) is 7.24. The second-order valence-corrected chi connectivity index (χ2v) is 4.90. The smallest absolute Gasteiger partial charge is 0.0122 e. The minimum absolute atomic E-state index is 0.0448. The maximum atomic E-state index is 5.87. The van der Waals surface area contributed by atoms with Crippen LogP contribution < -0.4 is 11.1 Å². The van der Waals surface area contributed by atoms with E-state index >= 15 is 0 Å². The molecule has 0 saturated heterocycles. The molecule has 0 unspecified atom stereocenters. The summed E-state index contributed by atoms with van der Waals surface area (Å²) in [5, 5.41) is 3.49. The Balaban J connectivity index is 0. The normalized spacial score (nSPS) is 12.0. The monoisotopic (exact) mass is 202 g/mol. The molecule has 0 aromatic heterocycles. The number of nitrogens with two attached hydrogens (primary N) is 1. The molecule has 0 amide bonds. The van der Waals surface area contributed by atoms with Gasteiger partial charge in [0.05, 0.1) is 0 Å². The Morgan fingerprint density at radius 2 is 1.50 bits per heavy atom. The molecule has 2 nitrogen and oxygen atoms in total. The lowest BCUT2D eigenvalue weighted by Crippen LogP contribution is -2.43. The van der Waals surface area contributed by atoms with Gasteiger partial charge >= 0.3 is 0 Å². The Morgan fingerprint density at radius 1 is 1.07 bits per heavy atom. The second-order valence-electron chi connectivity index (χ2n) is 4.90. The van der Waals surface area contributed by atoms with Gasteiger partial charge in [-0.3, -0.25) is 0 Å². The average Bonchev–Trinajstić information content (AvgIpc) is 2.05. The minimum Gasteiger partial charge on any atom is -0.326 e. The Morgan fingerprint density at radius 3 is 1.79 bits per heavy atom. The van der Waals surface area contributed by atoms with E-state index in [0.717, 1.165) is 19.4 Å². The van der Waals surface area contributed by atoms with Crippen LogP contribution in [0, 0.1) is 0 Å². The molecule has 0 fully saturated rings. The van der Waals surface area contributed by atoms with Crippen molar-refractivity contribution in [1.29, 1.82) is 0 Å². The number of nitrogens with one attached hydrogen (secondary N) is 1. The van der Waals surface area contributed by atoms with Gasteiger partial charge in [0.15, 0.2) is 0 Å². The van der Waals surface area contributed by atoms with Crippen molar-refractivity contribution in [2.45, 2.75) is 72.4 Å². The number of hydrogen-bond acceptors (Lipinski definition) is 2. The van der Waals surface area contributed by atoms with Crippen LogP contribution in [0.3, 0.4) is 0 Å². The first-order valence-electron chi connectivity index (χ1n) is 5.81. The molecule has 0 aromatic rings. The van der Waals surface area contributed by atoms with Gasteiger partial charge in [-0.1, -0.05) is 20.8 Å². The summed E-state index contributed by atoms with van der Waals surface area (Å²) in [7, 11) is 0. The summed E-state index contributed by atoms with van der Waals surface area (Å²) in [4.78, 5) is 0. The molecule has 0 rings (SSSR count). The minimum atomic E-state index is -0.0448. The molecule has 0 aliphatic heterocycles. The van der Waals surface area contributed by atoms with Gasteiger partial charge in [0.1, 0.15) is 0 Å². The molecule has 2 heteroatoms. The molecular formula is C12H30N2. The van der Waals surface area contributed by atoms with Crippen molar-refractivity contribution >= 4 is 0 Å². The van der Waals surface area contributed by atoms with Crippen LogP contribution in [0.4, 0.5) is 0 Å². The van der Waals surface area contributed by atoms with E-state index in [1.54, 1.807) is 0 Å². The van der Waals surface area contributed by atoms with E-state index in [0.29, 0.717) is 0 Å². The molecule has 3 N–H and O–H groups in total. The third kappa shape index (κ3) is 11.9. The van der Waals surface area contributed by atoms with Crippen LogP contribution in [0.1, 0.15) is 61.3 Å². The number of hydrogen-bond donors (Lipinski definition) is 2. The molecule has 0 aliphatic rings. The number of rotatable bonds is 5. The Kier molecular flexibility index (Phi) is 8.46. The average molecular weight is 202 g/mol. The van der Waals surface area contributed by atoms with E-state index in [1.807, 2.05) is 13.8 Å². The van der Waals surface area contributed by atoms with Crippen LogP contribution in [0.25, 0.3) is 0 Å². The highest BCUT2D eigenvalue weighted by Crippen LogP contribution is 2.08. The van der Waals surface area contributed by atoms with E-state index < -0.39 is 0 Å². The summed E-state index contributed by atoms with van der Waals surface area (Å²) in [5.41, 5.74) is 6.08. The highest BCUT2D eigenvalue weighted by atomic mass is 15.0. The summed E-state index contributed by atoms with van der Waals surface area (Å²) in [5.74, 6) is 0. The summed E-state index contributed by atoms with van der Waals surface area (Å²) in [6, 6.07) is 0. The van der Waals surface area contributed by atoms with Gasteiger partial charge in [0.2, 0.25) is 0 Å². The molecule has 0 heterocycles. The molecular weight excluding hydrogens is 172 g/mol. The summed E-state index contributed by atoms with van der Waals surface area (Å²) < 4.78 is 0. The zero-order valence-corrected chi connectivity index (χ0v) is 11.2. The largest absolute Gasteiger partial charge is 0.326 e. The molecule has 0 aromatic carbocycles. The quantitative estimate of drug-likeness (QED) is 0.719. The Bertz CT molecular complexity index is 123. The van der Waals surface area contributed by atoms with Gasteiger partial charge in [-0.25, -0.2) is 0 Å². The molecule has 0 atom stereocenters. The van der Waals surface area contributed by atoms with E-state index in [1.165, 1.54) is 0 Å². The maximum absolute atomic E-state index is 5.87. The van der Waals surface area contributed by atoms with Gasteiger partial charge in [-0.15, -0.1) is 0 Å². The van der Waals surface area contributed by atoms with E-state index in [2.05, 4.69) is 39.9 Å². The lowest BCUT2D eigenvalue weighted by Gasteiger charge is -2.27. The third-order valence-electron chi connectivity index (χ3n) is 2.26. The summed E-state index contributed by atoms with van der Waals surface area (Å²) in [6.45, 7) is 15.8. The highest BCUT2D eigenvalue weighted by molar-refractivity contribution is 4.79.